The number of rotatable bonds is 2. The van der Waals surface area contributed by atoms with Gasteiger partial charge in [0.05, 0.1) is 11.2 Å². The summed E-state index contributed by atoms with van der Waals surface area (Å²) in [4.78, 5) is 0. The molecular formula is C40H39BO2S. The fourth-order valence-electron chi connectivity index (χ4n) is 10.4. The van der Waals surface area contributed by atoms with E-state index in [4.69, 9.17) is 9.31 Å². The lowest BCUT2D eigenvalue weighted by Crippen LogP contribution is -2.55. The van der Waals surface area contributed by atoms with Gasteiger partial charge in [0, 0.05) is 25.6 Å². The van der Waals surface area contributed by atoms with Crippen LogP contribution in [0.2, 0.25) is 0 Å². The normalized spacial score (nSPS) is 30.5. The Hall–Kier alpha value is -2.92. The molecule has 0 atom stereocenters. The van der Waals surface area contributed by atoms with E-state index in [1.807, 2.05) is 11.3 Å². The SMILES string of the molecule is CC1(C)OB(c2ccc3c(c2)sc2cc(-c4ccc5c(c4)-c4ccccc4C54C5CC6CC(C5)CC4C6)ccc23)OC1(C)C. The summed E-state index contributed by atoms with van der Waals surface area (Å²) >= 11 is 1.88. The van der Waals surface area contributed by atoms with Crippen molar-refractivity contribution in [3.05, 3.63) is 90.0 Å². The monoisotopic (exact) mass is 594 g/mol. The van der Waals surface area contributed by atoms with Gasteiger partial charge in [0.15, 0.2) is 0 Å². The second kappa shape index (κ2) is 8.66. The first-order valence-corrected chi connectivity index (χ1v) is 17.6. The standard InChI is InChI=1S/C40H39BO2S/c1-38(2)39(3,4)43-41(42-38)29-11-13-32-31-12-9-26(21-36(31)44-37(32)22-29)25-10-14-35-33(20-25)30-7-5-6-8-34(30)40(35)27-16-23-15-24(18-27)19-28(40)17-23/h5-14,20-24,27-28H,15-19H2,1-4H3. The highest BCUT2D eigenvalue weighted by Crippen LogP contribution is 2.69. The van der Waals surface area contributed by atoms with Gasteiger partial charge in [0.1, 0.15) is 0 Å². The average molecular weight is 595 g/mol. The Kier molecular flexibility index (Phi) is 5.18. The van der Waals surface area contributed by atoms with Crippen LogP contribution in [0.15, 0.2) is 78.9 Å². The molecule has 5 fully saturated rings. The lowest BCUT2D eigenvalue weighted by atomic mass is 9.43. The van der Waals surface area contributed by atoms with E-state index < -0.39 is 0 Å². The molecule has 4 heteroatoms. The summed E-state index contributed by atoms with van der Waals surface area (Å²) < 4.78 is 15.4. The van der Waals surface area contributed by atoms with Crippen molar-refractivity contribution in [2.45, 2.75) is 76.4 Å². The van der Waals surface area contributed by atoms with Gasteiger partial charge in [-0.05, 0) is 141 Å². The van der Waals surface area contributed by atoms with Gasteiger partial charge in [-0.3, -0.25) is 0 Å². The van der Waals surface area contributed by atoms with Gasteiger partial charge in [0.2, 0.25) is 0 Å². The minimum absolute atomic E-state index is 0.238. The van der Waals surface area contributed by atoms with Crippen molar-refractivity contribution in [2.75, 3.05) is 0 Å². The lowest BCUT2D eigenvalue weighted by molar-refractivity contribution is -0.0399. The van der Waals surface area contributed by atoms with Crippen LogP contribution in [0, 0.1) is 23.7 Å². The first-order chi connectivity index (χ1) is 21.2. The third-order valence-corrected chi connectivity index (χ3v) is 14.0. The smallest absolute Gasteiger partial charge is 0.399 e. The number of fused-ring (bicyclic) bond motifs is 6. The molecule has 11 rings (SSSR count). The predicted molar refractivity (Wildman–Crippen MR) is 184 cm³/mol. The van der Waals surface area contributed by atoms with Crippen molar-refractivity contribution in [1.29, 1.82) is 0 Å². The molecule has 0 amide bonds. The molecule has 1 saturated heterocycles. The first kappa shape index (κ1) is 26.3. The van der Waals surface area contributed by atoms with Gasteiger partial charge < -0.3 is 9.31 Å². The summed E-state index contributed by atoms with van der Waals surface area (Å²) in [6.07, 6.45) is 7.22. The molecule has 4 saturated carbocycles. The van der Waals surface area contributed by atoms with Crippen LogP contribution < -0.4 is 5.46 Å². The van der Waals surface area contributed by atoms with Crippen molar-refractivity contribution >= 4 is 44.1 Å². The summed E-state index contributed by atoms with van der Waals surface area (Å²) in [5.74, 6) is 3.56. The Morgan fingerprint density at radius 3 is 1.93 bits per heavy atom. The van der Waals surface area contributed by atoms with Crippen LogP contribution in [0.1, 0.15) is 70.9 Å². The van der Waals surface area contributed by atoms with E-state index in [1.165, 1.54) is 74.5 Å². The van der Waals surface area contributed by atoms with E-state index in [1.54, 1.807) is 11.1 Å². The van der Waals surface area contributed by atoms with Gasteiger partial charge in [-0.15, -0.1) is 11.3 Å². The molecule has 0 unspecified atom stereocenters. The molecule has 1 aliphatic heterocycles. The van der Waals surface area contributed by atoms with E-state index in [0.29, 0.717) is 0 Å². The highest BCUT2D eigenvalue weighted by Gasteiger charge is 2.61. The fourth-order valence-corrected chi connectivity index (χ4v) is 11.6. The summed E-state index contributed by atoms with van der Waals surface area (Å²) in [6.45, 7) is 8.47. The molecule has 0 radical (unpaired) electrons. The van der Waals surface area contributed by atoms with Crippen molar-refractivity contribution in [2.24, 2.45) is 23.7 Å². The van der Waals surface area contributed by atoms with Gasteiger partial charge >= 0.3 is 7.12 Å². The van der Waals surface area contributed by atoms with Crippen LogP contribution in [0.5, 0.6) is 0 Å². The van der Waals surface area contributed by atoms with Gasteiger partial charge in [0.25, 0.3) is 0 Å². The Morgan fingerprint density at radius 2 is 1.20 bits per heavy atom. The predicted octanol–water partition coefficient (Wildman–Crippen LogP) is 9.74. The Balaban J connectivity index is 1.05. The molecule has 2 nitrogen and oxygen atoms in total. The molecule has 6 aliphatic rings. The molecule has 44 heavy (non-hydrogen) atoms. The zero-order valence-corrected chi connectivity index (χ0v) is 27.0. The molecule has 5 aromatic rings. The van der Waals surface area contributed by atoms with E-state index in [2.05, 4.69) is 107 Å². The van der Waals surface area contributed by atoms with Crippen molar-refractivity contribution < 1.29 is 9.31 Å². The van der Waals surface area contributed by atoms with Crippen molar-refractivity contribution in [3.8, 4) is 22.3 Å². The van der Waals surface area contributed by atoms with E-state index in [9.17, 15) is 0 Å². The van der Waals surface area contributed by atoms with Crippen molar-refractivity contribution in [3.63, 3.8) is 0 Å². The van der Waals surface area contributed by atoms with E-state index >= 15 is 0 Å². The third-order valence-electron chi connectivity index (χ3n) is 12.9. The molecule has 4 aromatic carbocycles. The number of benzene rings is 4. The third kappa shape index (κ3) is 3.35. The number of hydrogen-bond acceptors (Lipinski definition) is 3. The second-order valence-electron chi connectivity index (χ2n) is 15.6. The highest BCUT2D eigenvalue weighted by molar-refractivity contribution is 7.26. The summed E-state index contributed by atoms with van der Waals surface area (Å²) in [6, 6.07) is 30.7. The minimum atomic E-state index is -0.339. The van der Waals surface area contributed by atoms with Gasteiger partial charge in [-0.25, -0.2) is 0 Å². The van der Waals surface area contributed by atoms with E-state index in [-0.39, 0.29) is 23.7 Å². The van der Waals surface area contributed by atoms with Crippen LogP contribution in [-0.2, 0) is 14.7 Å². The van der Waals surface area contributed by atoms with Crippen LogP contribution >= 0.6 is 11.3 Å². The van der Waals surface area contributed by atoms with Gasteiger partial charge in [-0.1, -0.05) is 60.7 Å². The average Bonchev–Trinajstić information content (AvgIpc) is 3.59. The molecule has 2 heterocycles. The fraction of sp³-hybridized carbons (Fsp3) is 0.400. The van der Waals surface area contributed by atoms with Crippen LogP contribution in [0.3, 0.4) is 0 Å². The lowest BCUT2D eigenvalue weighted by Gasteiger charge is -2.61. The molecule has 4 bridgehead atoms. The second-order valence-corrected chi connectivity index (χ2v) is 16.7. The van der Waals surface area contributed by atoms with Crippen molar-refractivity contribution in [1.82, 2.24) is 0 Å². The van der Waals surface area contributed by atoms with Crippen LogP contribution in [0.25, 0.3) is 42.4 Å². The Morgan fingerprint density at radius 1 is 0.614 bits per heavy atom. The molecule has 1 spiro atoms. The highest BCUT2D eigenvalue weighted by atomic mass is 32.1. The molecule has 1 aromatic heterocycles. The molecule has 220 valence electrons. The summed E-state index contributed by atoms with van der Waals surface area (Å²) in [7, 11) is -0.336. The minimum Gasteiger partial charge on any atom is -0.399 e. The summed E-state index contributed by atoms with van der Waals surface area (Å²) in [5.41, 5.74) is 9.55. The number of thiophene rings is 1. The zero-order chi connectivity index (χ0) is 29.6. The zero-order valence-electron chi connectivity index (χ0n) is 26.2. The molecular weight excluding hydrogens is 555 g/mol. The maximum atomic E-state index is 6.37. The molecule has 0 N–H and O–H groups in total. The summed E-state index contributed by atoms with van der Waals surface area (Å²) in [5, 5.41) is 2.64. The molecule has 5 aliphatic carbocycles. The topological polar surface area (TPSA) is 18.5 Å². The van der Waals surface area contributed by atoms with E-state index in [0.717, 1.165) is 29.1 Å². The van der Waals surface area contributed by atoms with Crippen LogP contribution in [-0.4, -0.2) is 18.3 Å². The quantitative estimate of drug-likeness (QED) is 0.190. The first-order valence-electron chi connectivity index (χ1n) is 16.8. The van der Waals surface area contributed by atoms with Crippen LogP contribution in [0.4, 0.5) is 0 Å². The maximum Gasteiger partial charge on any atom is 0.494 e. The largest absolute Gasteiger partial charge is 0.494 e. The van der Waals surface area contributed by atoms with Gasteiger partial charge in [-0.2, -0.15) is 0 Å². The Bertz CT molecular complexity index is 1970. The number of hydrogen-bond donors (Lipinski definition) is 0. The Labute approximate surface area is 264 Å². The maximum absolute atomic E-state index is 6.37.